The molecule has 0 aliphatic carbocycles. The summed E-state index contributed by atoms with van der Waals surface area (Å²) in [6.07, 6.45) is -2.07. The minimum absolute atomic E-state index is 0.0373. The van der Waals surface area contributed by atoms with Gasteiger partial charge in [0.1, 0.15) is 0 Å². The molecule has 4 N–H and O–H groups in total. The molecule has 0 aromatic carbocycles. The molecule has 0 aromatic rings. The molecule has 0 amide bonds. The van der Waals surface area contributed by atoms with Crippen LogP contribution in [0.25, 0.3) is 0 Å². The number of carbonyl (C=O) groups is 1. The van der Waals surface area contributed by atoms with Crippen LogP contribution in [-0.2, 0) is 4.79 Å². The van der Waals surface area contributed by atoms with Gasteiger partial charge in [0.05, 0.1) is 24.2 Å². The minimum Gasteiger partial charge on any atom is -0.481 e. The Labute approximate surface area is 128 Å². The van der Waals surface area contributed by atoms with Gasteiger partial charge in [-0.3, -0.25) is 4.79 Å². The van der Waals surface area contributed by atoms with E-state index in [2.05, 4.69) is 0 Å². The zero-order valence-corrected chi connectivity index (χ0v) is 14.1. The third kappa shape index (κ3) is 7.79. The fraction of sp³-hybridized carbons (Fsp3) is 0.938. The molecule has 126 valence electrons. The first-order valence-electron chi connectivity index (χ1n) is 7.52. The Bertz CT molecular complexity index is 327. The van der Waals surface area contributed by atoms with Crippen LogP contribution in [0.1, 0.15) is 60.8 Å². The second kappa shape index (κ2) is 7.56. The van der Waals surface area contributed by atoms with E-state index in [9.17, 15) is 25.2 Å². The molecule has 0 spiro atoms. The molecule has 0 aliphatic rings. The molecule has 5 nitrogen and oxygen atoms in total. The number of hydrogen-bond acceptors (Lipinski definition) is 4. The van der Waals surface area contributed by atoms with Crippen LogP contribution in [0, 0.1) is 16.7 Å². The summed E-state index contributed by atoms with van der Waals surface area (Å²) < 4.78 is 0. The quantitative estimate of drug-likeness (QED) is 0.577. The Morgan fingerprint density at radius 3 is 1.52 bits per heavy atom. The second-order valence-corrected chi connectivity index (χ2v) is 8.16. The maximum Gasteiger partial charge on any atom is 0.306 e. The third-order valence-electron chi connectivity index (χ3n) is 3.91. The molecule has 0 aliphatic heterocycles. The molecule has 0 fully saturated rings. The van der Waals surface area contributed by atoms with Gasteiger partial charge in [0.15, 0.2) is 0 Å². The van der Waals surface area contributed by atoms with Gasteiger partial charge in [-0.25, -0.2) is 0 Å². The molecule has 0 heterocycles. The van der Waals surface area contributed by atoms with E-state index in [1.54, 1.807) is 0 Å². The van der Waals surface area contributed by atoms with Gasteiger partial charge < -0.3 is 20.4 Å². The van der Waals surface area contributed by atoms with Crippen LogP contribution in [0.15, 0.2) is 0 Å². The lowest BCUT2D eigenvalue weighted by Crippen LogP contribution is -2.35. The maximum atomic E-state index is 11.3. The van der Waals surface area contributed by atoms with Crippen LogP contribution in [0.5, 0.6) is 0 Å². The highest BCUT2D eigenvalue weighted by Crippen LogP contribution is 2.29. The van der Waals surface area contributed by atoms with Crippen molar-refractivity contribution in [3.05, 3.63) is 0 Å². The number of rotatable bonds is 7. The van der Waals surface area contributed by atoms with Crippen LogP contribution < -0.4 is 0 Å². The van der Waals surface area contributed by atoms with E-state index in [-0.39, 0.29) is 24.7 Å². The summed E-state index contributed by atoms with van der Waals surface area (Å²) in [6.45, 7) is 11.1. The topological polar surface area (TPSA) is 98.0 Å². The highest BCUT2D eigenvalue weighted by Gasteiger charge is 2.32. The standard InChI is InChI=1S/C16H32O5/c1-15(2,3)12(18)8-10(14(20)21)7-11(17)9-13(19)16(4,5)6/h10-13,17-19H,7-9H2,1-6H3,(H,20,21). The highest BCUT2D eigenvalue weighted by molar-refractivity contribution is 5.70. The first kappa shape index (κ1) is 20.3. The Balaban J connectivity index is 4.62. The van der Waals surface area contributed by atoms with E-state index < -0.39 is 35.6 Å². The Hall–Kier alpha value is -0.650. The van der Waals surface area contributed by atoms with Crippen molar-refractivity contribution in [1.29, 1.82) is 0 Å². The molecule has 21 heavy (non-hydrogen) atoms. The Morgan fingerprint density at radius 1 is 0.810 bits per heavy atom. The summed E-state index contributed by atoms with van der Waals surface area (Å²) in [4.78, 5) is 11.3. The predicted octanol–water partition coefficient (Wildman–Crippen LogP) is 2.03. The van der Waals surface area contributed by atoms with Gasteiger partial charge in [-0.1, -0.05) is 41.5 Å². The number of carboxylic acids is 1. The normalized spacial score (nSPS) is 18.9. The van der Waals surface area contributed by atoms with Crippen molar-refractivity contribution in [1.82, 2.24) is 0 Å². The minimum atomic E-state index is -1.03. The van der Waals surface area contributed by atoms with Crippen molar-refractivity contribution in [2.24, 2.45) is 16.7 Å². The predicted molar refractivity (Wildman–Crippen MR) is 81.9 cm³/mol. The largest absolute Gasteiger partial charge is 0.481 e. The SMILES string of the molecule is CC(C)(C)C(O)CC(O)CC(CC(O)C(C)(C)C)C(=O)O. The van der Waals surface area contributed by atoms with Gasteiger partial charge in [0.25, 0.3) is 0 Å². The molecule has 0 saturated heterocycles. The highest BCUT2D eigenvalue weighted by atomic mass is 16.4. The lowest BCUT2D eigenvalue weighted by molar-refractivity contribution is -0.145. The zero-order chi connectivity index (χ0) is 17.0. The molecule has 0 bridgehead atoms. The van der Waals surface area contributed by atoms with Gasteiger partial charge in [0.2, 0.25) is 0 Å². The van der Waals surface area contributed by atoms with Crippen LogP contribution in [-0.4, -0.2) is 44.7 Å². The molecule has 0 radical (unpaired) electrons. The van der Waals surface area contributed by atoms with Gasteiger partial charge in [-0.15, -0.1) is 0 Å². The van der Waals surface area contributed by atoms with E-state index >= 15 is 0 Å². The Kier molecular flexibility index (Phi) is 7.33. The smallest absolute Gasteiger partial charge is 0.306 e. The van der Waals surface area contributed by atoms with E-state index in [0.717, 1.165) is 0 Å². The van der Waals surface area contributed by atoms with E-state index in [1.807, 2.05) is 41.5 Å². The third-order valence-corrected chi connectivity index (χ3v) is 3.91. The fourth-order valence-electron chi connectivity index (χ4n) is 1.96. The van der Waals surface area contributed by atoms with E-state index in [0.29, 0.717) is 0 Å². The average molecular weight is 304 g/mol. The van der Waals surface area contributed by atoms with Crippen molar-refractivity contribution in [2.75, 3.05) is 0 Å². The number of aliphatic hydroxyl groups excluding tert-OH is 3. The van der Waals surface area contributed by atoms with Crippen LogP contribution >= 0.6 is 0 Å². The number of hydrogen-bond donors (Lipinski definition) is 4. The van der Waals surface area contributed by atoms with Crippen molar-refractivity contribution in [3.63, 3.8) is 0 Å². The molecular formula is C16H32O5. The first-order chi connectivity index (χ1) is 9.25. The van der Waals surface area contributed by atoms with Gasteiger partial charge in [-0.2, -0.15) is 0 Å². The van der Waals surface area contributed by atoms with Crippen LogP contribution in [0.4, 0.5) is 0 Å². The zero-order valence-electron chi connectivity index (χ0n) is 14.1. The molecule has 0 rings (SSSR count). The van der Waals surface area contributed by atoms with Crippen LogP contribution in [0.3, 0.4) is 0 Å². The monoisotopic (exact) mass is 304 g/mol. The summed E-state index contributed by atoms with van der Waals surface area (Å²) in [5.41, 5.74) is -0.756. The van der Waals surface area contributed by atoms with E-state index in [1.165, 1.54) is 0 Å². The number of aliphatic hydroxyl groups is 3. The number of carboxylic acid groups (broad SMARTS) is 1. The van der Waals surface area contributed by atoms with Crippen molar-refractivity contribution >= 4 is 5.97 Å². The summed E-state index contributed by atoms with van der Waals surface area (Å²) in [6, 6.07) is 0. The maximum absolute atomic E-state index is 11.3. The average Bonchev–Trinajstić information content (AvgIpc) is 2.24. The first-order valence-corrected chi connectivity index (χ1v) is 7.52. The lowest BCUT2D eigenvalue weighted by atomic mass is 9.80. The molecule has 0 aromatic heterocycles. The molecule has 5 heteroatoms. The van der Waals surface area contributed by atoms with Gasteiger partial charge >= 0.3 is 5.97 Å². The molecule has 0 saturated carbocycles. The van der Waals surface area contributed by atoms with Gasteiger partial charge in [-0.05, 0) is 30.1 Å². The van der Waals surface area contributed by atoms with Gasteiger partial charge in [0, 0.05) is 0 Å². The summed E-state index contributed by atoms with van der Waals surface area (Å²) in [5, 5.41) is 39.3. The Morgan fingerprint density at radius 2 is 1.19 bits per heavy atom. The summed E-state index contributed by atoms with van der Waals surface area (Å²) in [7, 11) is 0. The molecular weight excluding hydrogens is 272 g/mol. The fourth-order valence-corrected chi connectivity index (χ4v) is 1.96. The lowest BCUT2D eigenvalue weighted by Gasteiger charge is -2.30. The molecule has 4 unspecified atom stereocenters. The van der Waals surface area contributed by atoms with E-state index in [4.69, 9.17) is 0 Å². The number of aliphatic carboxylic acids is 1. The van der Waals surface area contributed by atoms with Crippen molar-refractivity contribution in [3.8, 4) is 0 Å². The van der Waals surface area contributed by atoms with Crippen LogP contribution in [0.2, 0.25) is 0 Å². The van der Waals surface area contributed by atoms with Crippen molar-refractivity contribution in [2.45, 2.75) is 79.1 Å². The summed E-state index contributed by atoms with van der Waals surface area (Å²) >= 11 is 0. The second-order valence-electron chi connectivity index (χ2n) is 8.16. The molecule has 4 atom stereocenters. The summed E-state index contributed by atoms with van der Waals surface area (Å²) in [5.74, 6) is -1.84. The van der Waals surface area contributed by atoms with Crippen molar-refractivity contribution < 1.29 is 25.2 Å².